The fraction of sp³-hybridized carbons (Fsp3) is 0.316. The van der Waals surface area contributed by atoms with Crippen LogP contribution in [0.3, 0.4) is 0 Å². The monoisotopic (exact) mass is 329 g/mol. The third-order valence-electron chi connectivity index (χ3n) is 3.74. The maximum absolute atomic E-state index is 12.4. The number of thioether (sulfide) groups is 1. The molecule has 0 saturated heterocycles. The van der Waals surface area contributed by atoms with Crippen molar-refractivity contribution in [3.63, 3.8) is 0 Å². The number of anilines is 1. The first kappa shape index (κ1) is 17.4. The van der Waals surface area contributed by atoms with Crippen molar-refractivity contribution in [1.29, 1.82) is 0 Å². The molecule has 4 heteroatoms. The molecule has 23 heavy (non-hydrogen) atoms. The van der Waals surface area contributed by atoms with Gasteiger partial charge in [-0.2, -0.15) is 0 Å². The van der Waals surface area contributed by atoms with E-state index in [4.69, 9.17) is 4.74 Å². The van der Waals surface area contributed by atoms with Crippen LogP contribution in [-0.4, -0.2) is 18.0 Å². The zero-order chi connectivity index (χ0) is 16.7. The molecule has 0 fully saturated rings. The van der Waals surface area contributed by atoms with E-state index in [-0.39, 0.29) is 17.1 Å². The molecule has 0 amide bonds. The molecule has 0 aromatic heterocycles. The molecule has 2 aromatic rings. The van der Waals surface area contributed by atoms with Gasteiger partial charge in [0, 0.05) is 5.92 Å². The first-order chi connectivity index (χ1) is 11.2. The standard InChI is InChI=1S/C19H23NO2S/c1-4-23-19(21)14(2)18(15-10-6-5-7-11-15)20-16-12-8-9-13-17(16)22-3/h5-14,18,20H,4H2,1-3H3. The van der Waals surface area contributed by atoms with Gasteiger partial charge in [-0.3, -0.25) is 4.79 Å². The second-order valence-electron chi connectivity index (χ2n) is 5.27. The molecule has 0 aliphatic heterocycles. The largest absolute Gasteiger partial charge is 0.495 e. The number of carbonyl (C=O) groups is 1. The van der Waals surface area contributed by atoms with Crippen LogP contribution in [-0.2, 0) is 4.79 Å². The van der Waals surface area contributed by atoms with Crippen molar-refractivity contribution in [3.05, 3.63) is 60.2 Å². The predicted octanol–water partition coefficient (Wildman–Crippen LogP) is 4.76. The highest BCUT2D eigenvalue weighted by Gasteiger charge is 2.26. The Morgan fingerprint density at radius 3 is 2.43 bits per heavy atom. The van der Waals surface area contributed by atoms with Crippen LogP contribution in [0.2, 0.25) is 0 Å². The lowest BCUT2D eigenvalue weighted by atomic mass is 9.95. The number of methoxy groups -OCH3 is 1. The summed E-state index contributed by atoms with van der Waals surface area (Å²) in [6.07, 6.45) is 0. The summed E-state index contributed by atoms with van der Waals surface area (Å²) in [6.45, 7) is 3.98. The summed E-state index contributed by atoms with van der Waals surface area (Å²) in [5, 5.41) is 3.69. The Bertz CT molecular complexity index is 630. The summed E-state index contributed by atoms with van der Waals surface area (Å²) >= 11 is 1.37. The second kappa shape index (κ2) is 8.63. The number of para-hydroxylation sites is 2. The molecule has 2 aromatic carbocycles. The summed E-state index contributed by atoms with van der Waals surface area (Å²) in [6, 6.07) is 17.8. The van der Waals surface area contributed by atoms with Crippen LogP contribution < -0.4 is 10.1 Å². The quantitative estimate of drug-likeness (QED) is 0.794. The fourth-order valence-corrected chi connectivity index (χ4v) is 3.18. The lowest BCUT2D eigenvalue weighted by Crippen LogP contribution is -2.24. The Morgan fingerprint density at radius 2 is 1.78 bits per heavy atom. The van der Waals surface area contributed by atoms with Gasteiger partial charge in [-0.15, -0.1) is 0 Å². The lowest BCUT2D eigenvalue weighted by molar-refractivity contribution is -0.114. The molecular weight excluding hydrogens is 306 g/mol. The first-order valence-electron chi connectivity index (χ1n) is 7.78. The van der Waals surface area contributed by atoms with E-state index in [2.05, 4.69) is 5.32 Å². The van der Waals surface area contributed by atoms with Crippen LogP contribution in [0.15, 0.2) is 54.6 Å². The smallest absolute Gasteiger partial charge is 0.194 e. The molecule has 0 aliphatic rings. The molecule has 1 N–H and O–H groups in total. The van der Waals surface area contributed by atoms with Gasteiger partial charge in [0.25, 0.3) is 0 Å². The average Bonchev–Trinajstić information content (AvgIpc) is 2.60. The van der Waals surface area contributed by atoms with Crippen molar-refractivity contribution >= 4 is 22.6 Å². The zero-order valence-corrected chi connectivity index (χ0v) is 14.6. The number of rotatable bonds is 7. The summed E-state index contributed by atoms with van der Waals surface area (Å²) in [5.41, 5.74) is 1.99. The number of benzene rings is 2. The Labute approximate surface area is 142 Å². The van der Waals surface area contributed by atoms with Crippen molar-refractivity contribution in [2.24, 2.45) is 5.92 Å². The Balaban J connectivity index is 2.32. The van der Waals surface area contributed by atoms with Crippen LogP contribution in [0.25, 0.3) is 0 Å². The van der Waals surface area contributed by atoms with Crippen LogP contribution >= 0.6 is 11.8 Å². The van der Waals surface area contributed by atoms with Crippen LogP contribution in [0.5, 0.6) is 5.75 Å². The second-order valence-corrected chi connectivity index (χ2v) is 6.54. The van der Waals surface area contributed by atoms with Crippen LogP contribution in [0, 0.1) is 5.92 Å². The van der Waals surface area contributed by atoms with E-state index < -0.39 is 0 Å². The topological polar surface area (TPSA) is 38.3 Å². The predicted molar refractivity (Wildman–Crippen MR) is 98.1 cm³/mol. The Hall–Kier alpha value is -1.94. The minimum Gasteiger partial charge on any atom is -0.495 e. The number of carbonyl (C=O) groups excluding carboxylic acids is 1. The van der Waals surface area contributed by atoms with E-state index in [0.717, 1.165) is 22.8 Å². The van der Waals surface area contributed by atoms with Crippen molar-refractivity contribution < 1.29 is 9.53 Å². The van der Waals surface area contributed by atoms with Gasteiger partial charge in [-0.1, -0.05) is 68.1 Å². The molecule has 2 rings (SSSR count). The molecule has 2 unspecified atom stereocenters. The lowest BCUT2D eigenvalue weighted by Gasteiger charge is -2.26. The maximum atomic E-state index is 12.4. The molecule has 0 saturated carbocycles. The van der Waals surface area contributed by atoms with Gasteiger partial charge in [-0.05, 0) is 23.4 Å². The third-order valence-corrected chi connectivity index (χ3v) is 4.68. The summed E-state index contributed by atoms with van der Waals surface area (Å²) in [4.78, 5) is 12.4. The molecule has 0 bridgehead atoms. The average molecular weight is 329 g/mol. The van der Waals surface area contributed by atoms with E-state index in [0.29, 0.717) is 0 Å². The van der Waals surface area contributed by atoms with Gasteiger partial charge < -0.3 is 10.1 Å². The van der Waals surface area contributed by atoms with Crippen molar-refractivity contribution in [2.75, 3.05) is 18.2 Å². The first-order valence-corrected chi connectivity index (χ1v) is 8.77. The highest BCUT2D eigenvalue weighted by atomic mass is 32.2. The van der Waals surface area contributed by atoms with E-state index in [9.17, 15) is 4.79 Å². The third kappa shape index (κ3) is 4.52. The van der Waals surface area contributed by atoms with Gasteiger partial charge in [0.1, 0.15) is 5.75 Å². The minimum absolute atomic E-state index is 0.0981. The molecule has 0 heterocycles. The van der Waals surface area contributed by atoms with Gasteiger partial charge in [0.2, 0.25) is 0 Å². The number of nitrogens with one attached hydrogen (secondary N) is 1. The molecule has 0 aliphatic carbocycles. The Morgan fingerprint density at radius 1 is 1.13 bits per heavy atom. The van der Waals surface area contributed by atoms with Crippen molar-refractivity contribution in [2.45, 2.75) is 19.9 Å². The SMILES string of the molecule is CCSC(=O)C(C)C(Nc1ccccc1OC)c1ccccc1. The van der Waals surface area contributed by atoms with Gasteiger partial charge >= 0.3 is 0 Å². The highest BCUT2D eigenvalue weighted by molar-refractivity contribution is 8.13. The summed E-state index contributed by atoms with van der Waals surface area (Å²) in [5.74, 6) is 1.42. The molecular formula is C19H23NO2S. The number of hydrogen-bond donors (Lipinski definition) is 1. The van der Waals surface area contributed by atoms with E-state index in [1.54, 1.807) is 7.11 Å². The zero-order valence-electron chi connectivity index (χ0n) is 13.8. The Kier molecular flexibility index (Phi) is 6.53. The summed E-state index contributed by atoms with van der Waals surface area (Å²) < 4.78 is 5.42. The normalized spacial score (nSPS) is 13.2. The van der Waals surface area contributed by atoms with Crippen LogP contribution in [0.1, 0.15) is 25.5 Å². The maximum Gasteiger partial charge on any atom is 0.194 e. The molecule has 3 nitrogen and oxygen atoms in total. The van der Waals surface area contributed by atoms with Gasteiger partial charge in [0.05, 0.1) is 18.8 Å². The number of hydrogen-bond acceptors (Lipinski definition) is 4. The van der Waals surface area contributed by atoms with Crippen molar-refractivity contribution in [3.8, 4) is 5.75 Å². The molecule has 122 valence electrons. The fourth-order valence-electron chi connectivity index (χ4n) is 2.50. The number of ether oxygens (including phenoxy) is 1. The molecule has 0 spiro atoms. The van der Waals surface area contributed by atoms with E-state index in [1.165, 1.54) is 11.8 Å². The van der Waals surface area contributed by atoms with E-state index in [1.807, 2.05) is 68.4 Å². The highest BCUT2D eigenvalue weighted by Crippen LogP contribution is 2.33. The minimum atomic E-state index is -0.146. The van der Waals surface area contributed by atoms with Gasteiger partial charge in [-0.25, -0.2) is 0 Å². The van der Waals surface area contributed by atoms with Gasteiger partial charge in [0.15, 0.2) is 5.12 Å². The van der Waals surface area contributed by atoms with E-state index >= 15 is 0 Å². The van der Waals surface area contributed by atoms with Crippen LogP contribution in [0.4, 0.5) is 5.69 Å². The van der Waals surface area contributed by atoms with Crippen molar-refractivity contribution in [1.82, 2.24) is 0 Å². The molecule has 0 radical (unpaired) electrons. The molecule has 2 atom stereocenters. The summed E-state index contributed by atoms with van der Waals surface area (Å²) in [7, 11) is 1.65.